The summed E-state index contributed by atoms with van der Waals surface area (Å²) in [6.45, 7) is 2.40. The van der Waals surface area contributed by atoms with Gasteiger partial charge in [-0.25, -0.2) is 0 Å². The van der Waals surface area contributed by atoms with Crippen molar-refractivity contribution in [1.29, 1.82) is 0 Å². The monoisotopic (exact) mass is 763 g/mol. The van der Waals surface area contributed by atoms with E-state index in [4.69, 9.17) is 0 Å². The van der Waals surface area contributed by atoms with Crippen LogP contribution >= 0.6 is 23.1 Å². The lowest BCUT2D eigenvalue weighted by molar-refractivity contribution is 1.16. The summed E-state index contributed by atoms with van der Waals surface area (Å²) in [6, 6.07) is 68.8. The van der Waals surface area contributed by atoms with Crippen molar-refractivity contribution in [2.24, 2.45) is 0 Å². The van der Waals surface area contributed by atoms with Crippen LogP contribution in [0.4, 0.5) is 34.1 Å². The lowest BCUT2D eigenvalue weighted by Crippen LogP contribution is -2.58. The fourth-order valence-electron chi connectivity index (χ4n) is 9.29. The number of aryl methyl sites for hydroxylation is 1. The van der Waals surface area contributed by atoms with Gasteiger partial charge in [-0.05, 0) is 114 Å². The molecule has 0 N–H and O–H groups in total. The Bertz CT molecular complexity index is 3100. The summed E-state index contributed by atoms with van der Waals surface area (Å²) < 4.78 is 5.26. The molecule has 3 nitrogen and oxygen atoms in total. The Hall–Kier alpha value is -6.47. The normalized spacial score (nSPS) is 12.5. The van der Waals surface area contributed by atoms with Crippen molar-refractivity contribution in [3.63, 3.8) is 0 Å². The number of benzene rings is 8. The van der Waals surface area contributed by atoms with Crippen LogP contribution in [0.15, 0.2) is 198 Å². The standard InChI is InChI=1S/C51H34BN3S2/c1-33-29-44-48-47(30-33)56-46-32-39(54(36-19-10-4-11-20-36)37-21-12-5-13-22-37)26-28-42(46)52(48)43-24-14-23-41-49(43)55(44)50-40-27-25-38(31-45(40)57-51(41)50)53(34-15-6-2-7-16-34)35-17-8-3-9-18-35/h2-32H,1H3. The first-order chi connectivity index (χ1) is 28.2. The minimum absolute atomic E-state index is 0.145. The molecule has 2 aromatic heterocycles. The molecule has 0 fully saturated rings. The Morgan fingerprint density at radius 3 is 1.65 bits per heavy atom. The summed E-state index contributed by atoms with van der Waals surface area (Å²) in [6.07, 6.45) is 0. The molecular weight excluding hydrogens is 730 g/mol. The Kier molecular flexibility index (Phi) is 7.35. The third kappa shape index (κ3) is 5.01. The first-order valence-electron chi connectivity index (χ1n) is 19.5. The number of anilines is 6. The van der Waals surface area contributed by atoms with Crippen molar-refractivity contribution >= 4 is 112 Å². The average Bonchev–Trinajstić information content (AvgIpc) is 3.79. The molecule has 12 rings (SSSR count). The molecule has 2 aliphatic heterocycles. The molecule has 0 unspecified atom stereocenters. The molecule has 0 aliphatic carbocycles. The largest absolute Gasteiger partial charge is 0.310 e. The van der Waals surface area contributed by atoms with E-state index in [1.807, 2.05) is 23.1 Å². The van der Waals surface area contributed by atoms with Crippen LogP contribution in [0.5, 0.6) is 0 Å². The van der Waals surface area contributed by atoms with Gasteiger partial charge in [0.05, 0.1) is 15.7 Å². The van der Waals surface area contributed by atoms with E-state index in [2.05, 4.69) is 209 Å². The molecule has 268 valence electrons. The highest BCUT2D eigenvalue weighted by Crippen LogP contribution is 2.47. The summed E-state index contributed by atoms with van der Waals surface area (Å²) in [7, 11) is 0. The molecule has 4 heterocycles. The Labute approximate surface area is 340 Å². The van der Waals surface area contributed by atoms with Crippen molar-refractivity contribution in [1.82, 2.24) is 4.57 Å². The van der Waals surface area contributed by atoms with Gasteiger partial charge in [-0.1, -0.05) is 114 Å². The van der Waals surface area contributed by atoms with Gasteiger partial charge in [0, 0.05) is 65.1 Å². The SMILES string of the molecule is Cc1cc2c3c(c1)-n1c4c(cccc4c4sc5cc(N(c6ccccc6)c6ccccc6)ccc5c41)B3c1ccc(N(c3ccccc3)c3ccccc3)cc1S2. The zero-order chi connectivity index (χ0) is 37.6. The zero-order valence-corrected chi connectivity index (χ0v) is 32.8. The highest BCUT2D eigenvalue weighted by molar-refractivity contribution is 8.00. The molecular formula is C51H34BN3S2. The molecule has 0 saturated heterocycles. The van der Waals surface area contributed by atoms with Gasteiger partial charge >= 0.3 is 0 Å². The predicted octanol–water partition coefficient (Wildman–Crippen LogP) is 12.5. The second-order valence-electron chi connectivity index (χ2n) is 15.0. The van der Waals surface area contributed by atoms with Gasteiger partial charge in [0.15, 0.2) is 0 Å². The van der Waals surface area contributed by atoms with Gasteiger partial charge in [-0.15, -0.1) is 11.3 Å². The Morgan fingerprint density at radius 2 is 1.04 bits per heavy atom. The molecule has 0 amide bonds. The second kappa shape index (κ2) is 12.8. The maximum atomic E-state index is 2.61. The topological polar surface area (TPSA) is 11.4 Å². The van der Waals surface area contributed by atoms with Crippen molar-refractivity contribution in [3.05, 3.63) is 194 Å². The van der Waals surface area contributed by atoms with Gasteiger partial charge in [-0.2, -0.15) is 0 Å². The third-order valence-corrected chi connectivity index (χ3v) is 13.9. The van der Waals surface area contributed by atoms with Crippen molar-refractivity contribution < 1.29 is 0 Å². The second-order valence-corrected chi connectivity index (χ2v) is 17.1. The molecule has 0 radical (unpaired) electrons. The van der Waals surface area contributed by atoms with E-state index in [1.54, 1.807) is 0 Å². The third-order valence-electron chi connectivity index (χ3n) is 11.6. The van der Waals surface area contributed by atoms with Gasteiger partial charge in [0.25, 0.3) is 0 Å². The minimum atomic E-state index is 0.145. The molecule has 10 aromatic rings. The number of rotatable bonds is 6. The minimum Gasteiger partial charge on any atom is -0.310 e. The smallest absolute Gasteiger partial charge is 0.249 e. The van der Waals surface area contributed by atoms with Crippen LogP contribution in [0.1, 0.15) is 5.56 Å². The molecule has 0 saturated carbocycles. The van der Waals surface area contributed by atoms with Crippen molar-refractivity contribution in [2.45, 2.75) is 16.7 Å². The van der Waals surface area contributed by atoms with Crippen LogP contribution in [0.2, 0.25) is 0 Å². The first-order valence-corrected chi connectivity index (χ1v) is 21.1. The van der Waals surface area contributed by atoms with Crippen LogP contribution in [0.25, 0.3) is 36.9 Å². The van der Waals surface area contributed by atoms with E-state index < -0.39 is 0 Å². The molecule has 6 heteroatoms. The fourth-order valence-corrected chi connectivity index (χ4v) is 11.8. The number of para-hydroxylation sites is 5. The van der Waals surface area contributed by atoms with E-state index in [9.17, 15) is 0 Å². The van der Waals surface area contributed by atoms with Gasteiger partial charge in [0.1, 0.15) is 0 Å². The molecule has 8 aromatic carbocycles. The van der Waals surface area contributed by atoms with Crippen LogP contribution in [-0.2, 0) is 0 Å². The number of hydrogen-bond donors (Lipinski definition) is 0. The molecule has 0 atom stereocenters. The van der Waals surface area contributed by atoms with Crippen LogP contribution < -0.4 is 26.2 Å². The van der Waals surface area contributed by atoms with E-state index in [1.165, 1.54) is 68.6 Å². The average molecular weight is 764 g/mol. The maximum Gasteiger partial charge on any atom is 0.249 e. The van der Waals surface area contributed by atoms with Crippen LogP contribution in [-0.4, -0.2) is 11.3 Å². The van der Waals surface area contributed by atoms with Crippen LogP contribution in [0, 0.1) is 6.92 Å². The van der Waals surface area contributed by atoms with E-state index in [-0.39, 0.29) is 6.71 Å². The molecule has 57 heavy (non-hydrogen) atoms. The lowest BCUT2D eigenvalue weighted by atomic mass is 9.35. The van der Waals surface area contributed by atoms with Crippen molar-refractivity contribution in [3.8, 4) is 5.69 Å². The number of aromatic nitrogens is 1. The predicted molar refractivity (Wildman–Crippen MR) is 245 cm³/mol. The van der Waals surface area contributed by atoms with Gasteiger partial charge in [-0.3, -0.25) is 0 Å². The highest BCUT2D eigenvalue weighted by atomic mass is 32.2. The number of fused-ring (bicyclic) bond motifs is 9. The molecule has 0 spiro atoms. The number of thiophene rings is 1. The van der Waals surface area contributed by atoms with E-state index in [0.717, 1.165) is 34.1 Å². The van der Waals surface area contributed by atoms with E-state index >= 15 is 0 Å². The van der Waals surface area contributed by atoms with Gasteiger partial charge < -0.3 is 14.4 Å². The fraction of sp³-hybridized carbons (Fsp3) is 0.0196. The summed E-state index contributed by atoms with van der Waals surface area (Å²) in [5, 5.41) is 2.63. The highest BCUT2D eigenvalue weighted by Gasteiger charge is 2.40. The maximum absolute atomic E-state index is 2.61. The Morgan fingerprint density at radius 1 is 0.456 bits per heavy atom. The molecule has 0 bridgehead atoms. The summed E-state index contributed by atoms with van der Waals surface area (Å²) in [5.41, 5.74) is 16.3. The summed E-state index contributed by atoms with van der Waals surface area (Å²) in [4.78, 5) is 7.39. The van der Waals surface area contributed by atoms with Crippen LogP contribution in [0.3, 0.4) is 0 Å². The zero-order valence-electron chi connectivity index (χ0n) is 31.1. The van der Waals surface area contributed by atoms with Gasteiger partial charge in [0.2, 0.25) is 6.71 Å². The molecule has 2 aliphatic rings. The van der Waals surface area contributed by atoms with E-state index in [0.29, 0.717) is 0 Å². The summed E-state index contributed by atoms with van der Waals surface area (Å²) >= 11 is 3.84. The first kappa shape index (κ1) is 32.7. The van der Waals surface area contributed by atoms with Crippen molar-refractivity contribution in [2.75, 3.05) is 9.80 Å². The quantitative estimate of drug-likeness (QED) is 0.156. The number of hydrogen-bond acceptors (Lipinski definition) is 4. The summed E-state index contributed by atoms with van der Waals surface area (Å²) in [5.74, 6) is 0. The lowest BCUT2D eigenvalue weighted by Gasteiger charge is -2.34. The number of nitrogens with zero attached hydrogens (tertiary/aromatic N) is 3. The Balaban J connectivity index is 1.05.